The fraction of sp³-hybridized carbons (Fsp3) is 0.600. The molecule has 0 atom stereocenters. The summed E-state index contributed by atoms with van der Waals surface area (Å²) < 4.78 is 31.8. The number of anilines is 1. The van der Waals surface area contributed by atoms with Crippen LogP contribution in [0.4, 0.5) is 5.69 Å². The fourth-order valence-corrected chi connectivity index (χ4v) is 3.86. The van der Waals surface area contributed by atoms with Gasteiger partial charge in [-0.1, -0.05) is 25.3 Å². The lowest BCUT2D eigenvalue weighted by Crippen LogP contribution is -2.36. The van der Waals surface area contributed by atoms with Gasteiger partial charge in [-0.15, -0.1) is 0 Å². The Balaban J connectivity index is 1.85. The van der Waals surface area contributed by atoms with Crippen molar-refractivity contribution in [1.82, 2.24) is 4.31 Å². The summed E-state index contributed by atoms with van der Waals surface area (Å²) in [6, 6.07) is 7.03. The third kappa shape index (κ3) is 5.21. The standard InChI is InChI=1S/C15H24N2O3S/c16-14-7-6-8-15(13-14)20-11-12-21(18,19)17-9-4-2-1-3-5-10-17/h6-8,13H,1-5,9-12,16H2. The molecule has 1 aromatic rings. The molecule has 1 saturated heterocycles. The van der Waals surface area contributed by atoms with E-state index in [0.717, 1.165) is 25.7 Å². The van der Waals surface area contributed by atoms with Gasteiger partial charge in [0, 0.05) is 24.8 Å². The summed E-state index contributed by atoms with van der Waals surface area (Å²) in [5.74, 6) is 0.625. The largest absolute Gasteiger partial charge is 0.492 e. The molecular weight excluding hydrogens is 288 g/mol. The Morgan fingerprint density at radius 2 is 1.76 bits per heavy atom. The van der Waals surface area contributed by atoms with E-state index in [9.17, 15) is 8.42 Å². The summed E-state index contributed by atoms with van der Waals surface area (Å²) in [6.45, 7) is 1.43. The van der Waals surface area contributed by atoms with Crippen LogP contribution in [0.5, 0.6) is 5.75 Å². The van der Waals surface area contributed by atoms with Crippen molar-refractivity contribution < 1.29 is 13.2 Å². The molecule has 0 unspecified atom stereocenters. The van der Waals surface area contributed by atoms with Crippen LogP contribution in [-0.2, 0) is 10.0 Å². The van der Waals surface area contributed by atoms with E-state index >= 15 is 0 Å². The third-order valence-electron chi connectivity index (χ3n) is 3.68. The van der Waals surface area contributed by atoms with Crippen LogP contribution in [0.3, 0.4) is 0 Å². The average Bonchev–Trinajstić information content (AvgIpc) is 2.37. The molecule has 2 N–H and O–H groups in total. The molecule has 0 spiro atoms. The van der Waals surface area contributed by atoms with Gasteiger partial charge in [-0.05, 0) is 25.0 Å². The highest BCUT2D eigenvalue weighted by molar-refractivity contribution is 7.89. The van der Waals surface area contributed by atoms with E-state index in [2.05, 4.69) is 0 Å². The Morgan fingerprint density at radius 1 is 1.10 bits per heavy atom. The monoisotopic (exact) mass is 312 g/mol. The highest BCUT2D eigenvalue weighted by Gasteiger charge is 2.22. The van der Waals surface area contributed by atoms with Crippen LogP contribution in [0.25, 0.3) is 0 Å². The number of benzene rings is 1. The minimum absolute atomic E-state index is 0.0157. The molecule has 0 radical (unpaired) electrons. The molecular formula is C15H24N2O3S. The van der Waals surface area contributed by atoms with Crippen molar-refractivity contribution in [3.8, 4) is 5.75 Å². The van der Waals surface area contributed by atoms with Gasteiger partial charge in [0.2, 0.25) is 10.0 Å². The van der Waals surface area contributed by atoms with Crippen LogP contribution in [0.2, 0.25) is 0 Å². The van der Waals surface area contributed by atoms with Gasteiger partial charge in [0.25, 0.3) is 0 Å². The Morgan fingerprint density at radius 3 is 2.43 bits per heavy atom. The van der Waals surface area contributed by atoms with Crippen molar-refractivity contribution >= 4 is 15.7 Å². The molecule has 0 amide bonds. The highest BCUT2D eigenvalue weighted by Crippen LogP contribution is 2.16. The first-order valence-corrected chi connectivity index (χ1v) is 9.15. The zero-order chi connectivity index (χ0) is 15.1. The molecule has 0 aliphatic carbocycles. The normalized spacial score (nSPS) is 17.9. The fourth-order valence-electron chi connectivity index (χ4n) is 2.49. The molecule has 1 heterocycles. The van der Waals surface area contributed by atoms with Crippen molar-refractivity contribution in [2.24, 2.45) is 0 Å². The number of rotatable bonds is 5. The van der Waals surface area contributed by atoms with Crippen LogP contribution in [-0.4, -0.2) is 38.2 Å². The highest BCUT2D eigenvalue weighted by atomic mass is 32.2. The molecule has 1 aromatic carbocycles. The number of hydrogen-bond donors (Lipinski definition) is 1. The first-order valence-electron chi connectivity index (χ1n) is 7.54. The van der Waals surface area contributed by atoms with Gasteiger partial charge in [-0.25, -0.2) is 12.7 Å². The Bertz CT molecular complexity index is 538. The summed E-state index contributed by atoms with van der Waals surface area (Å²) in [6.07, 6.45) is 5.36. The molecule has 0 bridgehead atoms. The summed E-state index contributed by atoms with van der Waals surface area (Å²) >= 11 is 0. The minimum Gasteiger partial charge on any atom is -0.492 e. The first-order chi connectivity index (χ1) is 10.1. The Hall–Kier alpha value is -1.27. The summed E-state index contributed by atoms with van der Waals surface area (Å²) in [5.41, 5.74) is 6.27. The molecule has 1 fully saturated rings. The van der Waals surface area contributed by atoms with Gasteiger partial charge in [-0.2, -0.15) is 0 Å². The number of nitrogen functional groups attached to an aromatic ring is 1. The van der Waals surface area contributed by atoms with Gasteiger partial charge < -0.3 is 10.5 Å². The molecule has 1 aliphatic rings. The van der Waals surface area contributed by atoms with E-state index in [0.29, 0.717) is 24.5 Å². The lowest BCUT2D eigenvalue weighted by Gasteiger charge is -2.24. The van der Waals surface area contributed by atoms with E-state index in [-0.39, 0.29) is 12.4 Å². The predicted molar refractivity (Wildman–Crippen MR) is 84.8 cm³/mol. The van der Waals surface area contributed by atoms with Crippen LogP contribution in [0.15, 0.2) is 24.3 Å². The number of nitrogens with two attached hydrogens (primary N) is 1. The Kier molecular flexibility index (Phi) is 5.87. The molecule has 0 aromatic heterocycles. The van der Waals surface area contributed by atoms with Crippen molar-refractivity contribution in [2.75, 3.05) is 31.2 Å². The van der Waals surface area contributed by atoms with Crippen molar-refractivity contribution in [3.63, 3.8) is 0 Å². The van der Waals surface area contributed by atoms with E-state index in [1.165, 1.54) is 6.42 Å². The number of ether oxygens (including phenoxy) is 1. The summed E-state index contributed by atoms with van der Waals surface area (Å²) in [7, 11) is -3.23. The average molecular weight is 312 g/mol. The second-order valence-electron chi connectivity index (χ2n) is 5.40. The topological polar surface area (TPSA) is 72.6 Å². The van der Waals surface area contributed by atoms with E-state index in [1.54, 1.807) is 28.6 Å². The SMILES string of the molecule is Nc1cccc(OCCS(=O)(=O)N2CCCCCCC2)c1. The summed E-state index contributed by atoms with van der Waals surface area (Å²) in [4.78, 5) is 0. The van der Waals surface area contributed by atoms with Gasteiger partial charge in [0.15, 0.2) is 0 Å². The summed E-state index contributed by atoms with van der Waals surface area (Å²) in [5, 5.41) is 0. The molecule has 5 nitrogen and oxygen atoms in total. The lowest BCUT2D eigenvalue weighted by molar-refractivity contribution is 0.328. The smallest absolute Gasteiger partial charge is 0.217 e. The predicted octanol–water partition coefficient (Wildman–Crippen LogP) is 2.24. The van der Waals surface area contributed by atoms with E-state index in [4.69, 9.17) is 10.5 Å². The van der Waals surface area contributed by atoms with E-state index in [1.807, 2.05) is 0 Å². The van der Waals surface area contributed by atoms with Crippen LogP contribution in [0.1, 0.15) is 32.1 Å². The maximum absolute atomic E-state index is 12.3. The first kappa shape index (κ1) is 16.1. The lowest BCUT2D eigenvalue weighted by atomic mass is 10.1. The molecule has 6 heteroatoms. The number of sulfonamides is 1. The van der Waals surface area contributed by atoms with Gasteiger partial charge in [0.05, 0.1) is 5.75 Å². The third-order valence-corrected chi connectivity index (χ3v) is 5.51. The second-order valence-corrected chi connectivity index (χ2v) is 7.49. The van der Waals surface area contributed by atoms with Crippen LogP contribution >= 0.6 is 0 Å². The molecule has 2 rings (SSSR count). The molecule has 0 saturated carbocycles. The van der Waals surface area contributed by atoms with Crippen LogP contribution < -0.4 is 10.5 Å². The van der Waals surface area contributed by atoms with Crippen molar-refractivity contribution in [2.45, 2.75) is 32.1 Å². The van der Waals surface area contributed by atoms with Gasteiger partial charge >= 0.3 is 0 Å². The quantitative estimate of drug-likeness (QED) is 0.846. The molecule has 21 heavy (non-hydrogen) atoms. The second kappa shape index (κ2) is 7.66. The van der Waals surface area contributed by atoms with Gasteiger partial charge in [0.1, 0.15) is 12.4 Å². The zero-order valence-electron chi connectivity index (χ0n) is 12.3. The molecule has 118 valence electrons. The maximum Gasteiger partial charge on any atom is 0.217 e. The van der Waals surface area contributed by atoms with Crippen molar-refractivity contribution in [1.29, 1.82) is 0 Å². The van der Waals surface area contributed by atoms with Gasteiger partial charge in [-0.3, -0.25) is 0 Å². The van der Waals surface area contributed by atoms with E-state index < -0.39 is 10.0 Å². The maximum atomic E-state index is 12.3. The Labute approximate surface area is 127 Å². The van der Waals surface area contributed by atoms with Crippen LogP contribution in [0, 0.1) is 0 Å². The number of hydrogen-bond acceptors (Lipinski definition) is 4. The number of nitrogens with zero attached hydrogens (tertiary/aromatic N) is 1. The van der Waals surface area contributed by atoms with Crippen molar-refractivity contribution in [3.05, 3.63) is 24.3 Å². The minimum atomic E-state index is -3.23. The zero-order valence-corrected chi connectivity index (χ0v) is 13.1. The molecule has 1 aliphatic heterocycles.